The van der Waals surface area contributed by atoms with Gasteiger partial charge in [-0.25, -0.2) is 4.79 Å². The van der Waals surface area contributed by atoms with Gasteiger partial charge < -0.3 is 14.2 Å². The van der Waals surface area contributed by atoms with Crippen LogP contribution in [0.3, 0.4) is 0 Å². The second kappa shape index (κ2) is 5.56. The predicted molar refractivity (Wildman–Crippen MR) is 68.3 cm³/mol. The normalized spacial score (nSPS) is 20.6. The molecule has 1 aromatic rings. The van der Waals surface area contributed by atoms with Gasteiger partial charge in [0.25, 0.3) is 5.69 Å². The number of rotatable bonds is 4. The highest BCUT2D eigenvalue weighted by Gasteiger charge is 2.33. The summed E-state index contributed by atoms with van der Waals surface area (Å²) in [5.41, 5.74) is 0.185. The summed E-state index contributed by atoms with van der Waals surface area (Å²) < 4.78 is 15.9. The molecule has 1 atom stereocenters. The molecule has 0 amide bonds. The summed E-state index contributed by atoms with van der Waals surface area (Å²) in [5, 5.41) is 10.5. The van der Waals surface area contributed by atoms with Crippen LogP contribution in [-0.2, 0) is 14.2 Å². The topological polar surface area (TPSA) is 87.9 Å². The molecule has 2 rings (SSSR count). The molecule has 0 bridgehead atoms. The maximum Gasteiger partial charge on any atom is 0.338 e. The third-order valence-corrected chi connectivity index (χ3v) is 2.78. The third-order valence-electron chi connectivity index (χ3n) is 2.78. The Hall–Kier alpha value is -1.99. The lowest BCUT2D eigenvalue weighted by molar-refractivity contribution is -0.384. The van der Waals surface area contributed by atoms with Crippen LogP contribution in [-0.4, -0.2) is 36.0 Å². The average Bonchev–Trinajstić information content (AvgIpc) is 2.75. The molecule has 0 spiro atoms. The van der Waals surface area contributed by atoms with Crippen LogP contribution in [0.2, 0.25) is 0 Å². The molecule has 1 aliphatic heterocycles. The highest BCUT2D eigenvalue weighted by molar-refractivity contribution is 5.89. The fraction of sp³-hybridized carbons (Fsp3) is 0.462. The molecule has 1 aromatic carbocycles. The molecule has 108 valence electrons. The predicted octanol–water partition coefficient (Wildman–Crippen LogP) is 1.90. The van der Waals surface area contributed by atoms with Gasteiger partial charge in [0.15, 0.2) is 5.79 Å². The lowest BCUT2D eigenvalue weighted by atomic mass is 10.2. The Bertz CT molecular complexity index is 510. The zero-order valence-corrected chi connectivity index (χ0v) is 11.2. The third kappa shape index (κ3) is 3.52. The molecule has 1 saturated heterocycles. The number of ether oxygens (including phenoxy) is 3. The summed E-state index contributed by atoms with van der Waals surface area (Å²) in [6.07, 6.45) is -0.299. The molecule has 20 heavy (non-hydrogen) atoms. The first-order chi connectivity index (χ1) is 9.37. The Labute approximate surface area is 115 Å². The van der Waals surface area contributed by atoms with Crippen molar-refractivity contribution < 1.29 is 23.9 Å². The lowest BCUT2D eigenvalue weighted by Gasteiger charge is -2.16. The monoisotopic (exact) mass is 281 g/mol. The van der Waals surface area contributed by atoms with E-state index in [1.807, 2.05) is 0 Å². The van der Waals surface area contributed by atoms with Gasteiger partial charge in [0.1, 0.15) is 12.7 Å². The SMILES string of the molecule is CC1(C)OC[C@@H](COC(=O)c2ccc([N+](=O)[O-])cc2)O1. The van der Waals surface area contributed by atoms with Gasteiger partial charge in [-0.3, -0.25) is 10.1 Å². The van der Waals surface area contributed by atoms with E-state index in [4.69, 9.17) is 14.2 Å². The van der Waals surface area contributed by atoms with E-state index in [1.165, 1.54) is 24.3 Å². The molecule has 0 aromatic heterocycles. The van der Waals surface area contributed by atoms with E-state index in [0.717, 1.165) is 0 Å². The molecular formula is C13H15NO6. The van der Waals surface area contributed by atoms with E-state index in [2.05, 4.69) is 0 Å². The molecule has 0 aliphatic carbocycles. The second-order valence-electron chi connectivity index (χ2n) is 4.85. The summed E-state index contributed by atoms with van der Waals surface area (Å²) in [7, 11) is 0. The van der Waals surface area contributed by atoms with Gasteiger partial charge in [-0.15, -0.1) is 0 Å². The van der Waals surface area contributed by atoms with Gasteiger partial charge >= 0.3 is 5.97 Å². The Morgan fingerprint density at radius 3 is 2.60 bits per heavy atom. The number of hydrogen-bond acceptors (Lipinski definition) is 6. The van der Waals surface area contributed by atoms with E-state index in [0.29, 0.717) is 6.61 Å². The smallest absolute Gasteiger partial charge is 0.338 e. The highest BCUT2D eigenvalue weighted by Crippen LogP contribution is 2.22. The van der Waals surface area contributed by atoms with E-state index < -0.39 is 16.7 Å². The Kier molecular flexibility index (Phi) is 4.01. The minimum atomic E-state index is -0.662. The minimum Gasteiger partial charge on any atom is -0.459 e. The zero-order chi connectivity index (χ0) is 14.8. The molecule has 1 aliphatic rings. The maximum atomic E-state index is 11.8. The standard InChI is InChI=1S/C13H15NO6/c1-13(2)19-8-11(20-13)7-18-12(15)9-3-5-10(6-4-9)14(16)17/h3-6,11H,7-8H2,1-2H3/t11-/m1/s1. The molecule has 0 unspecified atom stereocenters. The summed E-state index contributed by atoms with van der Waals surface area (Å²) in [5.74, 6) is -1.21. The number of nitro benzene ring substituents is 1. The summed E-state index contributed by atoms with van der Waals surface area (Å²) in [4.78, 5) is 21.7. The largest absolute Gasteiger partial charge is 0.459 e. The average molecular weight is 281 g/mol. The van der Waals surface area contributed by atoms with E-state index >= 15 is 0 Å². The number of carbonyl (C=O) groups is 1. The minimum absolute atomic E-state index is 0.0733. The van der Waals surface area contributed by atoms with Crippen LogP contribution < -0.4 is 0 Å². The van der Waals surface area contributed by atoms with Crippen LogP contribution >= 0.6 is 0 Å². The number of esters is 1. The van der Waals surface area contributed by atoms with Crippen molar-refractivity contribution in [1.29, 1.82) is 0 Å². The van der Waals surface area contributed by atoms with Crippen molar-refractivity contribution in [3.63, 3.8) is 0 Å². The first-order valence-corrected chi connectivity index (χ1v) is 6.11. The Morgan fingerprint density at radius 2 is 2.10 bits per heavy atom. The van der Waals surface area contributed by atoms with Crippen LogP contribution in [0.4, 0.5) is 5.69 Å². The summed E-state index contributed by atoms with van der Waals surface area (Å²) in [6, 6.07) is 5.23. The fourth-order valence-electron chi connectivity index (χ4n) is 1.82. The maximum absolute atomic E-state index is 11.8. The van der Waals surface area contributed by atoms with Gasteiger partial charge in [-0.1, -0.05) is 0 Å². The number of non-ortho nitro benzene ring substituents is 1. The Balaban J connectivity index is 1.87. The molecule has 7 heteroatoms. The number of nitrogens with zero attached hydrogens (tertiary/aromatic N) is 1. The first-order valence-electron chi connectivity index (χ1n) is 6.11. The van der Waals surface area contributed by atoms with Crippen molar-refractivity contribution in [3.05, 3.63) is 39.9 Å². The van der Waals surface area contributed by atoms with Crippen LogP contribution in [0, 0.1) is 10.1 Å². The number of carbonyl (C=O) groups excluding carboxylic acids is 1. The van der Waals surface area contributed by atoms with Crippen molar-refractivity contribution in [2.45, 2.75) is 25.7 Å². The molecule has 0 N–H and O–H groups in total. The second-order valence-corrected chi connectivity index (χ2v) is 4.85. The van der Waals surface area contributed by atoms with Crippen LogP contribution in [0.5, 0.6) is 0 Å². The fourth-order valence-corrected chi connectivity index (χ4v) is 1.82. The quantitative estimate of drug-likeness (QED) is 0.476. The summed E-state index contributed by atoms with van der Waals surface area (Å²) >= 11 is 0. The first kappa shape index (κ1) is 14.4. The molecule has 0 saturated carbocycles. The van der Waals surface area contributed by atoms with Crippen LogP contribution in [0.15, 0.2) is 24.3 Å². The van der Waals surface area contributed by atoms with Crippen LogP contribution in [0.1, 0.15) is 24.2 Å². The number of nitro groups is 1. The lowest BCUT2D eigenvalue weighted by Crippen LogP contribution is -2.25. The van der Waals surface area contributed by atoms with Gasteiger partial charge in [-0.05, 0) is 26.0 Å². The van der Waals surface area contributed by atoms with Gasteiger partial charge in [0.05, 0.1) is 17.1 Å². The van der Waals surface area contributed by atoms with E-state index in [9.17, 15) is 14.9 Å². The summed E-state index contributed by atoms with van der Waals surface area (Å²) in [6.45, 7) is 4.01. The number of benzene rings is 1. The van der Waals surface area contributed by atoms with Gasteiger partial charge in [0, 0.05) is 12.1 Å². The van der Waals surface area contributed by atoms with Crippen molar-refractivity contribution >= 4 is 11.7 Å². The van der Waals surface area contributed by atoms with Crippen molar-refractivity contribution in [2.75, 3.05) is 13.2 Å². The van der Waals surface area contributed by atoms with E-state index in [1.54, 1.807) is 13.8 Å². The highest BCUT2D eigenvalue weighted by atomic mass is 16.7. The molecule has 7 nitrogen and oxygen atoms in total. The van der Waals surface area contributed by atoms with Crippen molar-refractivity contribution in [3.8, 4) is 0 Å². The van der Waals surface area contributed by atoms with Crippen LogP contribution in [0.25, 0.3) is 0 Å². The molecule has 0 radical (unpaired) electrons. The Morgan fingerprint density at radius 1 is 1.45 bits per heavy atom. The number of hydrogen-bond donors (Lipinski definition) is 0. The molecule has 1 heterocycles. The van der Waals surface area contributed by atoms with Gasteiger partial charge in [0.2, 0.25) is 0 Å². The van der Waals surface area contributed by atoms with Crippen molar-refractivity contribution in [1.82, 2.24) is 0 Å². The van der Waals surface area contributed by atoms with E-state index in [-0.39, 0.29) is 24.0 Å². The molecule has 1 fully saturated rings. The molecular weight excluding hydrogens is 266 g/mol. The zero-order valence-electron chi connectivity index (χ0n) is 11.2. The van der Waals surface area contributed by atoms with Crippen molar-refractivity contribution in [2.24, 2.45) is 0 Å². The van der Waals surface area contributed by atoms with Gasteiger partial charge in [-0.2, -0.15) is 0 Å².